The number of ketones is 1. The van der Waals surface area contributed by atoms with Crippen LogP contribution < -0.4 is 4.74 Å². The van der Waals surface area contributed by atoms with Crippen LogP contribution in [0.4, 0.5) is 0 Å². The Labute approximate surface area is 185 Å². The first kappa shape index (κ1) is 20.0. The van der Waals surface area contributed by atoms with Crippen LogP contribution in [0.25, 0.3) is 17.0 Å². The van der Waals surface area contributed by atoms with Gasteiger partial charge in [0.2, 0.25) is 5.78 Å². The lowest BCUT2D eigenvalue weighted by Gasteiger charge is -2.31. The van der Waals surface area contributed by atoms with E-state index < -0.39 is 10.0 Å². The van der Waals surface area contributed by atoms with Gasteiger partial charge in [0.15, 0.2) is 0 Å². The van der Waals surface area contributed by atoms with E-state index in [1.165, 1.54) is 6.07 Å². The Morgan fingerprint density at radius 2 is 1.97 bits per heavy atom. The van der Waals surface area contributed by atoms with Gasteiger partial charge < -0.3 is 9.72 Å². The summed E-state index contributed by atoms with van der Waals surface area (Å²) in [5, 5.41) is 0.822. The molecule has 0 fully saturated rings. The number of fused-ring (bicyclic) bond motifs is 2. The zero-order valence-corrected chi connectivity index (χ0v) is 18.0. The van der Waals surface area contributed by atoms with Crippen molar-refractivity contribution in [3.8, 4) is 5.75 Å². The molecular formula is C24H19N3O4S. The Morgan fingerprint density at radius 3 is 2.75 bits per heavy atom. The highest BCUT2D eigenvalue weighted by Crippen LogP contribution is 2.35. The molecule has 160 valence electrons. The number of aromatic nitrogens is 2. The van der Waals surface area contributed by atoms with Crippen molar-refractivity contribution in [3.05, 3.63) is 95.6 Å². The third kappa shape index (κ3) is 3.25. The lowest BCUT2D eigenvalue weighted by Crippen LogP contribution is -2.38. The second kappa shape index (κ2) is 7.65. The van der Waals surface area contributed by atoms with Gasteiger partial charge >= 0.3 is 0 Å². The molecule has 0 saturated heterocycles. The van der Waals surface area contributed by atoms with E-state index in [4.69, 9.17) is 4.74 Å². The van der Waals surface area contributed by atoms with Crippen LogP contribution in [0.2, 0.25) is 0 Å². The van der Waals surface area contributed by atoms with Crippen LogP contribution in [-0.4, -0.2) is 35.6 Å². The molecule has 8 heteroatoms. The highest BCUT2D eigenvalue weighted by atomic mass is 32.2. The van der Waals surface area contributed by atoms with Crippen LogP contribution >= 0.6 is 0 Å². The Bertz CT molecular complexity index is 1470. The largest absolute Gasteiger partial charge is 0.497 e. The standard InChI is InChI=1S/C24H19N3O4S/c1-31-18-8-9-21-20(12-18)17(14-26-21)11-22-24(28)19-6-2-3-7-23(19)32(29,30)27(22)15-16-5-4-10-25-13-16/h2-14,26H,15H2,1H3. The molecule has 0 unspecified atom stereocenters. The molecule has 0 aliphatic carbocycles. The molecule has 0 amide bonds. The summed E-state index contributed by atoms with van der Waals surface area (Å²) in [6.07, 6.45) is 6.57. The molecule has 4 aromatic rings. The summed E-state index contributed by atoms with van der Waals surface area (Å²) in [6, 6.07) is 15.4. The number of methoxy groups -OCH3 is 1. The number of allylic oxidation sites excluding steroid dienone is 1. The summed E-state index contributed by atoms with van der Waals surface area (Å²) in [5.41, 5.74) is 2.46. The number of nitrogens with zero attached hydrogens (tertiary/aromatic N) is 2. The molecule has 1 aliphatic rings. The highest BCUT2D eigenvalue weighted by Gasteiger charge is 2.39. The van der Waals surface area contributed by atoms with Crippen molar-refractivity contribution in [2.24, 2.45) is 0 Å². The third-order valence-corrected chi connectivity index (χ3v) is 7.28. The van der Waals surface area contributed by atoms with Gasteiger partial charge in [-0.25, -0.2) is 8.42 Å². The fraction of sp³-hybridized carbons (Fsp3) is 0.0833. The van der Waals surface area contributed by atoms with Crippen LogP contribution in [0.5, 0.6) is 5.75 Å². The normalized spacial score (nSPS) is 16.3. The number of H-pyrrole nitrogens is 1. The lowest BCUT2D eigenvalue weighted by atomic mass is 10.0. The molecule has 0 radical (unpaired) electrons. The van der Waals surface area contributed by atoms with Crippen molar-refractivity contribution in [2.45, 2.75) is 11.4 Å². The van der Waals surface area contributed by atoms with Gasteiger partial charge in [-0.1, -0.05) is 18.2 Å². The van der Waals surface area contributed by atoms with Crippen molar-refractivity contribution in [3.63, 3.8) is 0 Å². The van der Waals surface area contributed by atoms with E-state index in [0.29, 0.717) is 16.9 Å². The molecule has 3 heterocycles. The van der Waals surface area contributed by atoms with Gasteiger partial charge in [0.25, 0.3) is 10.0 Å². The summed E-state index contributed by atoms with van der Waals surface area (Å²) < 4.78 is 33.6. The number of sulfonamides is 1. The number of carbonyl (C=O) groups excluding carboxylic acids is 1. The molecule has 1 aliphatic heterocycles. The topological polar surface area (TPSA) is 92.4 Å². The van der Waals surface area contributed by atoms with Gasteiger partial charge in [-0.3, -0.25) is 14.1 Å². The van der Waals surface area contributed by atoms with Gasteiger partial charge in [0.05, 0.1) is 18.6 Å². The zero-order chi connectivity index (χ0) is 22.3. The minimum absolute atomic E-state index is 0.00614. The van der Waals surface area contributed by atoms with Crippen molar-refractivity contribution in [1.29, 1.82) is 0 Å². The maximum Gasteiger partial charge on any atom is 0.265 e. The van der Waals surface area contributed by atoms with Gasteiger partial charge in [0, 0.05) is 40.6 Å². The molecule has 0 spiro atoms. The van der Waals surface area contributed by atoms with E-state index >= 15 is 0 Å². The molecule has 2 aromatic heterocycles. The average molecular weight is 446 g/mol. The zero-order valence-electron chi connectivity index (χ0n) is 17.1. The van der Waals surface area contributed by atoms with Crippen LogP contribution in [-0.2, 0) is 16.6 Å². The van der Waals surface area contributed by atoms with Crippen molar-refractivity contribution < 1.29 is 17.9 Å². The summed E-state index contributed by atoms with van der Waals surface area (Å²) in [5.74, 6) is 0.313. The number of hydrogen-bond acceptors (Lipinski definition) is 5. The third-order valence-electron chi connectivity index (χ3n) is 5.46. The highest BCUT2D eigenvalue weighted by molar-refractivity contribution is 7.89. The van der Waals surface area contributed by atoms with E-state index in [-0.39, 0.29) is 28.5 Å². The minimum atomic E-state index is -3.95. The molecular weight excluding hydrogens is 426 g/mol. The van der Waals surface area contributed by atoms with Crippen molar-refractivity contribution in [2.75, 3.05) is 7.11 Å². The van der Waals surface area contributed by atoms with Crippen LogP contribution in [0.1, 0.15) is 21.5 Å². The van der Waals surface area contributed by atoms with Gasteiger partial charge in [-0.15, -0.1) is 0 Å². The first-order valence-corrected chi connectivity index (χ1v) is 11.4. The Balaban J connectivity index is 1.72. The summed E-state index contributed by atoms with van der Waals surface area (Å²) >= 11 is 0. The molecule has 0 saturated carbocycles. The molecule has 2 aromatic carbocycles. The summed E-state index contributed by atoms with van der Waals surface area (Å²) in [4.78, 5) is 20.7. The van der Waals surface area contributed by atoms with Crippen molar-refractivity contribution >= 4 is 32.8 Å². The quantitative estimate of drug-likeness (QED) is 0.480. The monoisotopic (exact) mass is 445 g/mol. The number of nitrogens with one attached hydrogen (secondary N) is 1. The smallest absolute Gasteiger partial charge is 0.265 e. The number of benzene rings is 2. The number of rotatable bonds is 4. The van der Waals surface area contributed by atoms with Gasteiger partial charge in [-0.05, 0) is 48.0 Å². The lowest BCUT2D eigenvalue weighted by molar-refractivity contribution is 0.100. The number of Topliss-reactive ketones (excluding diaryl/α,β-unsaturated/α-hetero) is 1. The van der Waals surface area contributed by atoms with Crippen LogP contribution in [0.15, 0.2) is 83.8 Å². The van der Waals surface area contributed by atoms with Crippen LogP contribution in [0.3, 0.4) is 0 Å². The number of ether oxygens (including phenoxy) is 1. The molecule has 1 N–H and O–H groups in total. The van der Waals surface area contributed by atoms with Crippen LogP contribution in [0, 0.1) is 0 Å². The second-order valence-corrected chi connectivity index (χ2v) is 9.21. The number of aromatic amines is 1. The van der Waals surface area contributed by atoms with E-state index in [1.54, 1.807) is 62.1 Å². The molecule has 32 heavy (non-hydrogen) atoms. The van der Waals surface area contributed by atoms with E-state index in [0.717, 1.165) is 15.2 Å². The first-order chi connectivity index (χ1) is 15.5. The fourth-order valence-corrected chi connectivity index (χ4v) is 5.50. The minimum Gasteiger partial charge on any atom is -0.497 e. The average Bonchev–Trinajstić information content (AvgIpc) is 3.22. The summed E-state index contributed by atoms with van der Waals surface area (Å²) in [7, 11) is -2.37. The predicted octanol–water partition coefficient (Wildman–Crippen LogP) is 4.00. The van der Waals surface area contributed by atoms with Gasteiger partial charge in [0.1, 0.15) is 11.4 Å². The first-order valence-electron chi connectivity index (χ1n) is 9.91. The fourth-order valence-electron chi connectivity index (χ4n) is 3.86. The summed E-state index contributed by atoms with van der Waals surface area (Å²) in [6.45, 7) is -0.00619. The second-order valence-electron chi connectivity index (χ2n) is 7.38. The maximum atomic E-state index is 13.5. The number of carbonyl (C=O) groups is 1. The number of pyridine rings is 1. The van der Waals surface area contributed by atoms with Crippen molar-refractivity contribution in [1.82, 2.24) is 14.3 Å². The van der Waals surface area contributed by atoms with E-state index in [9.17, 15) is 13.2 Å². The van der Waals surface area contributed by atoms with E-state index in [1.807, 2.05) is 18.2 Å². The predicted molar refractivity (Wildman–Crippen MR) is 121 cm³/mol. The maximum absolute atomic E-state index is 13.5. The molecule has 5 rings (SSSR count). The van der Waals surface area contributed by atoms with E-state index in [2.05, 4.69) is 9.97 Å². The Hall–Kier alpha value is -3.91. The number of hydrogen-bond donors (Lipinski definition) is 1. The Morgan fingerprint density at radius 1 is 1.12 bits per heavy atom. The Kier molecular flexibility index (Phi) is 4.79. The molecule has 0 bridgehead atoms. The molecule has 0 atom stereocenters. The molecule has 7 nitrogen and oxygen atoms in total. The van der Waals surface area contributed by atoms with Gasteiger partial charge in [-0.2, -0.15) is 0 Å². The SMILES string of the molecule is COc1ccc2[nH]cc(C=C3C(=O)c4ccccc4S(=O)(=O)N3Cc3cccnc3)c2c1.